The standard InChI is InChI=1S/C14H12N6S/c1-8-2-3-9-10(4-8)21-14-12(9)13(16-6-17-14)20-7-18-11(5-15)19-20/h6-8H,2-4H2,1H3/t8-/m1/s1. The Labute approximate surface area is 125 Å². The number of nitrogens with zero attached hydrogens (tertiary/aromatic N) is 6. The molecule has 0 bridgehead atoms. The zero-order chi connectivity index (χ0) is 14.4. The summed E-state index contributed by atoms with van der Waals surface area (Å²) in [5.41, 5.74) is 1.35. The Morgan fingerprint density at radius 2 is 2.29 bits per heavy atom. The van der Waals surface area contributed by atoms with E-state index in [-0.39, 0.29) is 5.82 Å². The maximum absolute atomic E-state index is 8.87. The molecule has 0 radical (unpaired) electrons. The van der Waals surface area contributed by atoms with Crippen molar-refractivity contribution in [2.24, 2.45) is 5.92 Å². The smallest absolute Gasteiger partial charge is 0.225 e. The van der Waals surface area contributed by atoms with Crippen LogP contribution in [0.15, 0.2) is 12.7 Å². The van der Waals surface area contributed by atoms with Gasteiger partial charge in [0.25, 0.3) is 5.82 Å². The first-order chi connectivity index (χ1) is 10.3. The van der Waals surface area contributed by atoms with Gasteiger partial charge in [-0.05, 0) is 30.7 Å². The second kappa shape index (κ2) is 4.60. The Bertz CT molecular complexity index is 871. The fraction of sp³-hybridized carbons (Fsp3) is 0.357. The quantitative estimate of drug-likeness (QED) is 0.688. The SMILES string of the molecule is C[C@@H]1CCc2c(sc3ncnc(-n4cnc(C#N)n4)c23)C1. The van der Waals surface area contributed by atoms with Crippen LogP contribution in [0.2, 0.25) is 0 Å². The van der Waals surface area contributed by atoms with E-state index < -0.39 is 0 Å². The molecule has 0 unspecified atom stereocenters. The largest absolute Gasteiger partial charge is 0.252 e. The van der Waals surface area contributed by atoms with Crippen LogP contribution >= 0.6 is 11.3 Å². The second-order valence-corrected chi connectivity index (χ2v) is 6.44. The van der Waals surface area contributed by atoms with Gasteiger partial charge in [0, 0.05) is 4.88 Å². The summed E-state index contributed by atoms with van der Waals surface area (Å²) in [5, 5.41) is 14.1. The molecule has 3 aromatic heterocycles. The number of aromatic nitrogens is 5. The lowest BCUT2D eigenvalue weighted by atomic mass is 9.89. The number of hydrogen-bond donors (Lipinski definition) is 0. The van der Waals surface area contributed by atoms with Crippen LogP contribution in [-0.2, 0) is 12.8 Å². The second-order valence-electron chi connectivity index (χ2n) is 5.35. The van der Waals surface area contributed by atoms with Crippen LogP contribution < -0.4 is 0 Å². The Morgan fingerprint density at radius 3 is 3.10 bits per heavy atom. The number of hydrogen-bond acceptors (Lipinski definition) is 6. The molecule has 0 aliphatic heterocycles. The third-order valence-electron chi connectivity index (χ3n) is 3.88. The lowest BCUT2D eigenvalue weighted by Gasteiger charge is -2.18. The summed E-state index contributed by atoms with van der Waals surface area (Å²) >= 11 is 1.75. The van der Waals surface area contributed by atoms with Crippen molar-refractivity contribution in [2.75, 3.05) is 0 Å². The number of aryl methyl sites for hydroxylation is 1. The monoisotopic (exact) mass is 296 g/mol. The van der Waals surface area contributed by atoms with E-state index in [1.165, 1.54) is 23.2 Å². The Hall–Kier alpha value is -2.33. The van der Waals surface area contributed by atoms with Gasteiger partial charge >= 0.3 is 0 Å². The van der Waals surface area contributed by atoms with Gasteiger partial charge in [0.2, 0.25) is 0 Å². The molecule has 0 spiro atoms. The third kappa shape index (κ3) is 1.91. The highest BCUT2D eigenvalue weighted by molar-refractivity contribution is 7.18. The summed E-state index contributed by atoms with van der Waals surface area (Å²) < 4.78 is 1.58. The van der Waals surface area contributed by atoms with E-state index in [1.54, 1.807) is 22.3 Å². The van der Waals surface area contributed by atoms with Crippen molar-refractivity contribution >= 4 is 21.6 Å². The first-order valence-corrected chi connectivity index (χ1v) is 7.65. The summed E-state index contributed by atoms with van der Waals surface area (Å²) in [5.74, 6) is 1.60. The topological polar surface area (TPSA) is 80.3 Å². The van der Waals surface area contributed by atoms with Crippen LogP contribution in [0.3, 0.4) is 0 Å². The summed E-state index contributed by atoms with van der Waals surface area (Å²) in [6.07, 6.45) is 6.44. The molecule has 3 heterocycles. The fourth-order valence-corrected chi connectivity index (χ4v) is 4.19. The first-order valence-electron chi connectivity index (χ1n) is 6.83. The van der Waals surface area contributed by atoms with Gasteiger partial charge in [0.1, 0.15) is 23.6 Å². The molecule has 1 aliphatic rings. The molecule has 0 saturated heterocycles. The molecule has 4 rings (SSSR count). The van der Waals surface area contributed by atoms with E-state index in [4.69, 9.17) is 5.26 Å². The lowest BCUT2D eigenvalue weighted by molar-refractivity contribution is 0.509. The predicted molar refractivity (Wildman–Crippen MR) is 78.2 cm³/mol. The normalized spacial score (nSPS) is 17.6. The molecule has 104 valence electrons. The van der Waals surface area contributed by atoms with Crippen LogP contribution in [0.5, 0.6) is 0 Å². The summed E-state index contributed by atoms with van der Waals surface area (Å²) in [4.78, 5) is 15.1. The highest BCUT2D eigenvalue weighted by Gasteiger charge is 2.23. The van der Waals surface area contributed by atoms with Crippen molar-refractivity contribution in [3.63, 3.8) is 0 Å². The minimum Gasteiger partial charge on any atom is -0.225 e. The van der Waals surface area contributed by atoms with Gasteiger partial charge in [-0.2, -0.15) is 5.26 Å². The molecule has 0 fully saturated rings. The molecule has 0 saturated carbocycles. The molecule has 6 nitrogen and oxygen atoms in total. The van der Waals surface area contributed by atoms with Crippen molar-refractivity contribution < 1.29 is 0 Å². The molecule has 0 amide bonds. The predicted octanol–water partition coefficient (Wildman–Crippen LogP) is 2.27. The molecule has 7 heteroatoms. The van der Waals surface area contributed by atoms with Gasteiger partial charge in [-0.25, -0.2) is 19.6 Å². The van der Waals surface area contributed by atoms with Crippen LogP contribution in [0, 0.1) is 17.2 Å². The fourth-order valence-electron chi connectivity index (χ4n) is 2.85. The lowest BCUT2D eigenvalue weighted by Crippen LogP contribution is -2.09. The molecule has 1 atom stereocenters. The molecule has 21 heavy (non-hydrogen) atoms. The molecular formula is C14H12N6S. The van der Waals surface area contributed by atoms with E-state index in [1.807, 2.05) is 6.07 Å². The summed E-state index contributed by atoms with van der Waals surface area (Å²) in [6, 6.07) is 1.94. The number of rotatable bonds is 1. The molecule has 3 aromatic rings. The van der Waals surface area contributed by atoms with E-state index in [0.717, 1.165) is 34.8 Å². The maximum Gasteiger partial charge on any atom is 0.252 e. The van der Waals surface area contributed by atoms with Crippen molar-refractivity contribution in [3.05, 3.63) is 28.9 Å². The van der Waals surface area contributed by atoms with Gasteiger partial charge in [0.15, 0.2) is 5.82 Å². The van der Waals surface area contributed by atoms with Crippen LogP contribution in [0.25, 0.3) is 16.0 Å². The number of thiophene rings is 1. The summed E-state index contributed by atoms with van der Waals surface area (Å²) in [7, 11) is 0. The molecular weight excluding hydrogens is 284 g/mol. The Morgan fingerprint density at radius 1 is 1.38 bits per heavy atom. The van der Waals surface area contributed by atoms with Gasteiger partial charge in [-0.3, -0.25) is 0 Å². The van der Waals surface area contributed by atoms with Crippen LogP contribution in [0.1, 0.15) is 29.6 Å². The minimum absolute atomic E-state index is 0.152. The van der Waals surface area contributed by atoms with E-state index >= 15 is 0 Å². The number of nitriles is 1. The van der Waals surface area contributed by atoms with Gasteiger partial charge in [-0.15, -0.1) is 16.4 Å². The van der Waals surface area contributed by atoms with Crippen LogP contribution in [-0.4, -0.2) is 24.7 Å². The first kappa shape index (κ1) is 12.4. The highest BCUT2D eigenvalue weighted by atomic mass is 32.1. The zero-order valence-electron chi connectivity index (χ0n) is 11.4. The van der Waals surface area contributed by atoms with Gasteiger partial charge in [0.05, 0.1) is 5.39 Å². The van der Waals surface area contributed by atoms with Gasteiger partial charge in [-0.1, -0.05) is 6.92 Å². The van der Waals surface area contributed by atoms with Gasteiger partial charge < -0.3 is 0 Å². The van der Waals surface area contributed by atoms with E-state index in [2.05, 4.69) is 27.0 Å². The zero-order valence-corrected chi connectivity index (χ0v) is 12.3. The average molecular weight is 296 g/mol. The molecule has 1 aliphatic carbocycles. The highest BCUT2D eigenvalue weighted by Crippen LogP contribution is 2.38. The van der Waals surface area contributed by atoms with Crippen molar-refractivity contribution in [3.8, 4) is 11.9 Å². The molecule has 0 N–H and O–H groups in total. The average Bonchev–Trinajstić information content (AvgIpc) is 3.10. The van der Waals surface area contributed by atoms with Crippen molar-refractivity contribution in [1.82, 2.24) is 24.7 Å². The van der Waals surface area contributed by atoms with Crippen LogP contribution in [0.4, 0.5) is 0 Å². The van der Waals surface area contributed by atoms with Crippen molar-refractivity contribution in [1.29, 1.82) is 5.26 Å². The van der Waals surface area contributed by atoms with Crippen molar-refractivity contribution in [2.45, 2.75) is 26.2 Å². The third-order valence-corrected chi connectivity index (χ3v) is 5.04. The summed E-state index contributed by atoms with van der Waals surface area (Å²) in [6.45, 7) is 2.29. The van der Waals surface area contributed by atoms with E-state index in [9.17, 15) is 0 Å². The van der Waals surface area contributed by atoms with E-state index in [0.29, 0.717) is 0 Å². The minimum atomic E-state index is 0.152. The Balaban J connectivity index is 1.96. The number of fused-ring (bicyclic) bond motifs is 3. The molecule has 0 aromatic carbocycles. The maximum atomic E-state index is 8.87. The Kier molecular flexibility index (Phi) is 2.72.